The minimum atomic E-state index is -0.439. The van der Waals surface area contributed by atoms with Gasteiger partial charge in [-0.3, -0.25) is 15.3 Å². The summed E-state index contributed by atoms with van der Waals surface area (Å²) >= 11 is 0. The number of nitrogens with two attached hydrogens (primary N) is 1. The van der Waals surface area contributed by atoms with E-state index in [4.69, 9.17) is 5.73 Å². The Bertz CT molecular complexity index is 993. The van der Waals surface area contributed by atoms with Crippen LogP contribution in [0.5, 0.6) is 0 Å². The lowest BCUT2D eigenvalue weighted by Crippen LogP contribution is -2.52. The molecule has 3 aliphatic heterocycles. The molecule has 5 aliphatic rings. The molecule has 4 fully saturated rings. The standard InChI is InChI=1S/C38H71N7O/c1-27(2)14-19-32-22-41-36(39)43(32)25-33-13-10-20-42(33)24-34(21-29-11-8-7-9-12-29)44-26-35(28(3)46)45(37(44)40)23-30-15-17-31(18-16-30)38(4,5)6/h27-35,40,46H,7-26H2,1-6H3,(H2,39,41)/t28?,30?,31?,32-,33+,34-,35+/m1/s1. The van der Waals surface area contributed by atoms with Crippen molar-refractivity contribution < 1.29 is 5.11 Å². The van der Waals surface area contributed by atoms with E-state index in [0.717, 1.165) is 63.5 Å². The van der Waals surface area contributed by atoms with Gasteiger partial charge in [-0.2, -0.15) is 0 Å². The number of hydrogen-bond donors (Lipinski definition) is 3. The van der Waals surface area contributed by atoms with Gasteiger partial charge in [-0.1, -0.05) is 66.7 Å². The van der Waals surface area contributed by atoms with E-state index in [1.807, 2.05) is 6.92 Å². The number of rotatable bonds is 13. The Kier molecular flexibility index (Phi) is 12.3. The Balaban J connectivity index is 1.28. The van der Waals surface area contributed by atoms with Crippen molar-refractivity contribution in [2.24, 2.45) is 39.8 Å². The first kappa shape index (κ1) is 35.8. The molecule has 0 bridgehead atoms. The van der Waals surface area contributed by atoms with Gasteiger partial charge in [0, 0.05) is 38.3 Å². The van der Waals surface area contributed by atoms with Crippen molar-refractivity contribution >= 4 is 11.9 Å². The van der Waals surface area contributed by atoms with Crippen LogP contribution in [0, 0.1) is 34.5 Å². The highest BCUT2D eigenvalue weighted by Gasteiger charge is 2.44. The van der Waals surface area contributed by atoms with E-state index in [1.165, 1.54) is 83.5 Å². The van der Waals surface area contributed by atoms with Crippen molar-refractivity contribution in [2.75, 3.05) is 39.3 Å². The van der Waals surface area contributed by atoms with Crippen molar-refractivity contribution in [1.82, 2.24) is 19.6 Å². The number of nitrogens with zero attached hydrogens (tertiary/aromatic N) is 5. The lowest BCUT2D eigenvalue weighted by molar-refractivity contribution is 0.0854. The second-order valence-electron chi connectivity index (χ2n) is 17.7. The molecule has 2 saturated heterocycles. The van der Waals surface area contributed by atoms with Gasteiger partial charge in [-0.05, 0) is 100 Å². The summed E-state index contributed by atoms with van der Waals surface area (Å²) in [5.41, 5.74) is 6.88. The second kappa shape index (κ2) is 15.8. The molecule has 3 heterocycles. The molecule has 0 radical (unpaired) electrons. The highest BCUT2D eigenvalue weighted by molar-refractivity contribution is 5.80. The number of guanidine groups is 2. The first-order valence-corrected chi connectivity index (χ1v) is 19.5. The van der Waals surface area contributed by atoms with Crippen LogP contribution in [-0.2, 0) is 0 Å². The first-order valence-electron chi connectivity index (χ1n) is 19.5. The zero-order valence-electron chi connectivity index (χ0n) is 30.6. The fourth-order valence-electron chi connectivity index (χ4n) is 9.69. The summed E-state index contributed by atoms with van der Waals surface area (Å²) < 4.78 is 0. The van der Waals surface area contributed by atoms with Crippen molar-refractivity contribution in [1.29, 1.82) is 5.41 Å². The molecule has 2 aliphatic carbocycles. The van der Waals surface area contributed by atoms with E-state index >= 15 is 0 Å². The third-order valence-corrected chi connectivity index (χ3v) is 12.8. The highest BCUT2D eigenvalue weighted by atomic mass is 16.3. The molecule has 2 saturated carbocycles. The molecule has 1 unspecified atom stereocenters. The number of nitrogens with one attached hydrogen (secondary N) is 1. The normalized spacial score (nSPS) is 31.7. The fourth-order valence-corrected chi connectivity index (χ4v) is 9.69. The molecular formula is C38H71N7O. The summed E-state index contributed by atoms with van der Waals surface area (Å²) in [5.74, 6) is 4.30. The van der Waals surface area contributed by atoms with Crippen molar-refractivity contribution in [3.63, 3.8) is 0 Å². The average molecular weight is 642 g/mol. The van der Waals surface area contributed by atoms with Crippen LogP contribution in [0.25, 0.3) is 0 Å². The SMILES string of the molecule is CC(C)CC[C@@H]1CN=C(N)N1C[C@@H]1CCCN1C[C@@H](CC1CCCCC1)N1C[C@@H](C(C)O)N(CC2CCC(C(C)(C)C)CC2)C1=N. The summed E-state index contributed by atoms with van der Waals surface area (Å²) in [6.45, 7) is 19.4. The lowest BCUT2D eigenvalue weighted by atomic mass is 9.70. The topological polar surface area (TPSA) is 95.4 Å². The van der Waals surface area contributed by atoms with E-state index in [9.17, 15) is 10.5 Å². The molecule has 0 aromatic carbocycles. The van der Waals surface area contributed by atoms with Crippen LogP contribution in [-0.4, -0.2) is 106 Å². The van der Waals surface area contributed by atoms with Crippen LogP contribution in [0.3, 0.4) is 0 Å². The van der Waals surface area contributed by atoms with Crippen molar-refractivity contribution in [3.8, 4) is 0 Å². The van der Waals surface area contributed by atoms with Crippen LogP contribution in [0.15, 0.2) is 4.99 Å². The summed E-state index contributed by atoms with van der Waals surface area (Å²) in [6, 6.07) is 1.26. The molecule has 0 spiro atoms. The maximum absolute atomic E-state index is 11.0. The van der Waals surface area contributed by atoms with Gasteiger partial charge in [-0.15, -0.1) is 0 Å². The smallest absolute Gasteiger partial charge is 0.194 e. The van der Waals surface area contributed by atoms with Crippen LogP contribution in [0.4, 0.5) is 0 Å². The quantitative estimate of drug-likeness (QED) is 0.216. The predicted molar refractivity (Wildman–Crippen MR) is 192 cm³/mol. The maximum atomic E-state index is 11.0. The van der Waals surface area contributed by atoms with Crippen LogP contribution in [0.2, 0.25) is 0 Å². The maximum Gasteiger partial charge on any atom is 0.194 e. The number of hydrogen-bond acceptors (Lipinski definition) is 6. The van der Waals surface area contributed by atoms with Gasteiger partial charge in [0.25, 0.3) is 0 Å². The van der Waals surface area contributed by atoms with Gasteiger partial charge in [0.15, 0.2) is 11.9 Å². The third kappa shape index (κ3) is 8.92. The van der Waals surface area contributed by atoms with Gasteiger partial charge >= 0.3 is 0 Å². The van der Waals surface area contributed by atoms with Gasteiger partial charge in [0.2, 0.25) is 0 Å². The van der Waals surface area contributed by atoms with Crippen LogP contribution < -0.4 is 5.73 Å². The summed E-state index contributed by atoms with van der Waals surface area (Å²) in [6.07, 6.45) is 17.4. The second-order valence-corrected chi connectivity index (χ2v) is 17.7. The Morgan fingerprint density at radius 1 is 0.891 bits per heavy atom. The molecule has 0 aromatic rings. The van der Waals surface area contributed by atoms with E-state index < -0.39 is 6.10 Å². The monoisotopic (exact) mass is 642 g/mol. The van der Waals surface area contributed by atoms with E-state index in [1.54, 1.807) is 0 Å². The molecule has 264 valence electrons. The number of aliphatic hydroxyl groups excluding tert-OH is 1. The minimum Gasteiger partial charge on any atom is -0.391 e. The number of aliphatic hydroxyl groups is 1. The van der Waals surface area contributed by atoms with E-state index in [0.29, 0.717) is 41.3 Å². The minimum absolute atomic E-state index is 0.0124. The molecule has 0 aromatic heterocycles. The van der Waals surface area contributed by atoms with Gasteiger partial charge in [0.05, 0.1) is 24.7 Å². The fraction of sp³-hybridized carbons (Fsp3) is 0.947. The number of aliphatic imine (C=N–C) groups is 1. The number of likely N-dealkylation sites (tertiary alicyclic amines) is 1. The molecule has 8 heteroatoms. The zero-order chi connectivity index (χ0) is 33.0. The van der Waals surface area contributed by atoms with Crippen LogP contribution >= 0.6 is 0 Å². The summed E-state index contributed by atoms with van der Waals surface area (Å²) in [5, 5.41) is 20.7. The molecule has 0 amide bonds. The molecular weight excluding hydrogens is 570 g/mol. The molecule has 46 heavy (non-hydrogen) atoms. The molecule has 4 N–H and O–H groups in total. The predicted octanol–water partition coefficient (Wildman–Crippen LogP) is 6.38. The molecule has 5 rings (SSSR count). The summed E-state index contributed by atoms with van der Waals surface area (Å²) in [7, 11) is 0. The van der Waals surface area contributed by atoms with Gasteiger partial charge in [-0.25, -0.2) is 0 Å². The van der Waals surface area contributed by atoms with E-state index in [2.05, 4.69) is 59.2 Å². The van der Waals surface area contributed by atoms with Crippen molar-refractivity contribution in [2.45, 2.75) is 162 Å². The Hall–Kier alpha value is -1.54. The summed E-state index contributed by atoms with van der Waals surface area (Å²) in [4.78, 5) is 14.6. The average Bonchev–Trinajstić information content (AvgIpc) is 3.70. The Labute approximate surface area is 282 Å². The highest BCUT2D eigenvalue weighted by Crippen LogP contribution is 2.41. The van der Waals surface area contributed by atoms with Gasteiger partial charge in [0.1, 0.15) is 0 Å². The van der Waals surface area contributed by atoms with E-state index in [-0.39, 0.29) is 6.04 Å². The Morgan fingerprint density at radius 2 is 1.61 bits per heavy atom. The lowest BCUT2D eigenvalue weighted by Gasteiger charge is -2.40. The van der Waals surface area contributed by atoms with Crippen LogP contribution in [0.1, 0.15) is 131 Å². The largest absolute Gasteiger partial charge is 0.391 e. The van der Waals surface area contributed by atoms with Crippen molar-refractivity contribution in [3.05, 3.63) is 0 Å². The third-order valence-electron chi connectivity index (χ3n) is 12.8. The molecule has 5 atom stereocenters. The van der Waals surface area contributed by atoms with Gasteiger partial charge < -0.3 is 25.5 Å². The Morgan fingerprint density at radius 3 is 2.26 bits per heavy atom. The first-order chi connectivity index (χ1) is 21.9. The molecule has 8 nitrogen and oxygen atoms in total. The zero-order valence-corrected chi connectivity index (χ0v) is 30.6.